The maximum absolute atomic E-state index is 5.66. The molecule has 1 aliphatic heterocycles. The molecule has 1 saturated heterocycles. The van der Waals surface area contributed by atoms with Crippen LogP contribution in [0.3, 0.4) is 0 Å². The molecule has 1 aliphatic rings. The Labute approximate surface area is 145 Å². The van der Waals surface area contributed by atoms with Crippen molar-refractivity contribution in [2.24, 2.45) is 4.99 Å². The highest BCUT2D eigenvalue weighted by Crippen LogP contribution is 2.18. The SMILES string of the molecule is CN=C(NCCOCC1CCCO1)NC(C)C(C)c1ccccc1. The second-order valence-corrected chi connectivity index (χ2v) is 6.34. The molecule has 0 aliphatic carbocycles. The molecule has 24 heavy (non-hydrogen) atoms. The van der Waals surface area contributed by atoms with Crippen LogP contribution in [0.5, 0.6) is 0 Å². The van der Waals surface area contributed by atoms with E-state index in [0.717, 1.165) is 32.0 Å². The molecule has 2 rings (SSSR count). The molecule has 0 amide bonds. The molecule has 0 aromatic heterocycles. The van der Waals surface area contributed by atoms with Crippen LogP contribution in [0.15, 0.2) is 35.3 Å². The van der Waals surface area contributed by atoms with Gasteiger partial charge in [-0.25, -0.2) is 0 Å². The van der Waals surface area contributed by atoms with Gasteiger partial charge in [0.25, 0.3) is 0 Å². The first-order chi connectivity index (χ1) is 11.7. The van der Waals surface area contributed by atoms with E-state index >= 15 is 0 Å². The minimum absolute atomic E-state index is 0.284. The van der Waals surface area contributed by atoms with Crippen LogP contribution in [0.4, 0.5) is 0 Å². The molecule has 0 spiro atoms. The Bertz CT molecular complexity index is 487. The van der Waals surface area contributed by atoms with Gasteiger partial charge in [0.05, 0.1) is 19.3 Å². The number of nitrogens with zero attached hydrogens (tertiary/aromatic N) is 1. The molecule has 0 saturated carbocycles. The lowest BCUT2D eigenvalue weighted by atomic mass is 9.94. The topological polar surface area (TPSA) is 54.9 Å². The second kappa shape index (κ2) is 10.3. The highest BCUT2D eigenvalue weighted by molar-refractivity contribution is 5.80. The Kier molecular flexibility index (Phi) is 8.05. The zero-order valence-electron chi connectivity index (χ0n) is 15.1. The Hall–Kier alpha value is -1.59. The standard InChI is InChI=1S/C19H31N3O2/c1-15(17-8-5-4-6-9-17)16(2)22-19(20-3)21-11-13-23-14-18-10-7-12-24-18/h4-6,8-9,15-16,18H,7,10-14H2,1-3H3,(H2,20,21,22). The van der Waals surface area contributed by atoms with Gasteiger partial charge >= 0.3 is 0 Å². The van der Waals surface area contributed by atoms with E-state index in [1.165, 1.54) is 5.56 Å². The monoisotopic (exact) mass is 333 g/mol. The molecule has 1 aromatic rings. The van der Waals surface area contributed by atoms with Crippen LogP contribution in [0.2, 0.25) is 0 Å². The lowest BCUT2D eigenvalue weighted by Crippen LogP contribution is -2.45. The summed E-state index contributed by atoms with van der Waals surface area (Å²) in [6, 6.07) is 10.8. The van der Waals surface area contributed by atoms with Gasteiger partial charge in [-0.15, -0.1) is 0 Å². The molecule has 1 fully saturated rings. The summed E-state index contributed by atoms with van der Waals surface area (Å²) in [6.45, 7) is 7.36. The summed E-state index contributed by atoms with van der Waals surface area (Å²) >= 11 is 0. The Morgan fingerprint density at radius 2 is 2.12 bits per heavy atom. The van der Waals surface area contributed by atoms with Gasteiger partial charge < -0.3 is 20.1 Å². The first kappa shape index (κ1) is 18.7. The summed E-state index contributed by atoms with van der Waals surface area (Å²) in [5, 5.41) is 6.76. The maximum atomic E-state index is 5.66. The van der Waals surface area contributed by atoms with Crippen LogP contribution in [0.1, 0.15) is 38.2 Å². The number of hydrogen-bond donors (Lipinski definition) is 2. The van der Waals surface area contributed by atoms with E-state index in [1.807, 2.05) is 6.07 Å². The number of hydrogen-bond acceptors (Lipinski definition) is 3. The van der Waals surface area contributed by atoms with E-state index in [2.05, 4.69) is 53.7 Å². The Morgan fingerprint density at radius 3 is 2.79 bits per heavy atom. The highest BCUT2D eigenvalue weighted by atomic mass is 16.5. The third-order valence-electron chi connectivity index (χ3n) is 4.53. The number of ether oxygens (including phenoxy) is 2. The number of nitrogens with one attached hydrogen (secondary N) is 2. The zero-order chi connectivity index (χ0) is 17.2. The van der Waals surface area contributed by atoms with E-state index in [1.54, 1.807) is 7.05 Å². The van der Waals surface area contributed by atoms with Gasteiger partial charge in [0.2, 0.25) is 0 Å². The van der Waals surface area contributed by atoms with Gasteiger partial charge in [0, 0.05) is 32.2 Å². The van der Waals surface area contributed by atoms with Crippen LogP contribution in [-0.4, -0.2) is 51.5 Å². The molecule has 5 nitrogen and oxygen atoms in total. The minimum Gasteiger partial charge on any atom is -0.377 e. The maximum Gasteiger partial charge on any atom is 0.191 e. The predicted octanol–water partition coefficient (Wildman–Crippen LogP) is 2.54. The molecule has 1 aromatic carbocycles. The molecule has 134 valence electrons. The van der Waals surface area contributed by atoms with Crippen LogP contribution in [-0.2, 0) is 9.47 Å². The van der Waals surface area contributed by atoms with Crippen molar-refractivity contribution in [1.29, 1.82) is 0 Å². The third kappa shape index (κ3) is 6.13. The fourth-order valence-corrected chi connectivity index (χ4v) is 2.81. The third-order valence-corrected chi connectivity index (χ3v) is 4.53. The summed E-state index contributed by atoms with van der Waals surface area (Å²) in [7, 11) is 1.79. The van der Waals surface area contributed by atoms with Crippen molar-refractivity contribution in [3.8, 4) is 0 Å². The molecule has 0 bridgehead atoms. The zero-order valence-corrected chi connectivity index (χ0v) is 15.1. The predicted molar refractivity (Wildman–Crippen MR) is 98.6 cm³/mol. The van der Waals surface area contributed by atoms with Crippen LogP contribution in [0.25, 0.3) is 0 Å². The second-order valence-electron chi connectivity index (χ2n) is 6.34. The molecular weight excluding hydrogens is 302 g/mol. The van der Waals surface area contributed by atoms with E-state index in [-0.39, 0.29) is 12.1 Å². The Morgan fingerprint density at radius 1 is 1.33 bits per heavy atom. The van der Waals surface area contributed by atoms with Gasteiger partial charge in [0.15, 0.2) is 5.96 Å². The summed E-state index contributed by atoms with van der Waals surface area (Å²) in [5.41, 5.74) is 1.33. The molecule has 3 atom stereocenters. The van der Waals surface area contributed by atoms with Crippen molar-refractivity contribution in [3.63, 3.8) is 0 Å². The molecular formula is C19H31N3O2. The summed E-state index contributed by atoms with van der Waals surface area (Å²) in [5.74, 6) is 1.21. The fraction of sp³-hybridized carbons (Fsp3) is 0.632. The van der Waals surface area contributed by atoms with Crippen molar-refractivity contribution in [2.75, 3.05) is 33.4 Å². The lowest BCUT2D eigenvalue weighted by Gasteiger charge is -2.24. The van der Waals surface area contributed by atoms with Crippen molar-refractivity contribution >= 4 is 5.96 Å². The van der Waals surface area contributed by atoms with Crippen molar-refractivity contribution in [1.82, 2.24) is 10.6 Å². The largest absolute Gasteiger partial charge is 0.377 e. The van der Waals surface area contributed by atoms with Gasteiger partial charge in [-0.05, 0) is 25.3 Å². The molecule has 2 N–H and O–H groups in total. The van der Waals surface area contributed by atoms with Gasteiger partial charge in [-0.1, -0.05) is 37.3 Å². The van der Waals surface area contributed by atoms with Gasteiger partial charge in [-0.2, -0.15) is 0 Å². The molecule has 1 heterocycles. The van der Waals surface area contributed by atoms with E-state index in [4.69, 9.17) is 9.47 Å². The van der Waals surface area contributed by atoms with Crippen LogP contribution in [0, 0.1) is 0 Å². The molecule has 0 radical (unpaired) electrons. The molecule has 3 unspecified atom stereocenters. The van der Waals surface area contributed by atoms with E-state index in [0.29, 0.717) is 19.1 Å². The van der Waals surface area contributed by atoms with E-state index in [9.17, 15) is 0 Å². The highest BCUT2D eigenvalue weighted by Gasteiger charge is 2.16. The number of aliphatic imine (C=N–C) groups is 1. The van der Waals surface area contributed by atoms with Gasteiger partial charge in [0.1, 0.15) is 0 Å². The quantitative estimate of drug-likeness (QED) is 0.436. The summed E-state index contributed by atoms with van der Waals surface area (Å²) in [6.07, 6.45) is 2.56. The summed E-state index contributed by atoms with van der Waals surface area (Å²) < 4.78 is 11.2. The number of benzene rings is 1. The fourth-order valence-electron chi connectivity index (χ4n) is 2.81. The smallest absolute Gasteiger partial charge is 0.191 e. The average Bonchev–Trinajstić information content (AvgIpc) is 3.13. The van der Waals surface area contributed by atoms with Crippen LogP contribution < -0.4 is 10.6 Å². The van der Waals surface area contributed by atoms with Gasteiger partial charge in [-0.3, -0.25) is 4.99 Å². The molecule has 5 heteroatoms. The Balaban J connectivity index is 1.65. The van der Waals surface area contributed by atoms with Crippen molar-refractivity contribution in [3.05, 3.63) is 35.9 Å². The lowest BCUT2D eigenvalue weighted by molar-refractivity contribution is 0.0191. The average molecular weight is 333 g/mol. The summed E-state index contributed by atoms with van der Waals surface area (Å²) in [4.78, 5) is 4.29. The minimum atomic E-state index is 0.284. The van der Waals surface area contributed by atoms with Crippen molar-refractivity contribution in [2.45, 2.75) is 44.8 Å². The normalized spacial score (nSPS) is 20.6. The van der Waals surface area contributed by atoms with Crippen molar-refractivity contribution < 1.29 is 9.47 Å². The first-order valence-corrected chi connectivity index (χ1v) is 8.92. The van der Waals surface area contributed by atoms with E-state index < -0.39 is 0 Å². The first-order valence-electron chi connectivity index (χ1n) is 8.92. The number of guanidine groups is 1. The van der Waals surface area contributed by atoms with Crippen LogP contribution >= 0.6 is 0 Å². The number of rotatable bonds is 8.